The molecule has 1 saturated heterocycles. The van der Waals surface area contributed by atoms with Gasteiger partial charge in [-0.2, -0.15) is 13.2 Å². The van der Waals surface area contributed by atoms with Crippen LogP contribution in [0.3, 0.4) is 0 Å². The molecule has 0 aromatic carbocycles. The van der Waals surface area contributed by atoms with Crippen LogP contribution in [0.15, 0.2) is 0 Å². The lowest BCUT2D eigenvalue weighted by molar-refractivity contribution is -0.136. The minimum absolute atomic E-state index is 0.188. The molecule has 0 atom stereocenters. The largest absolute Gasteiger partial charge is 0.396 e. The van der Waals surface area contributed by atoms with Crippen LogP contribution in [0.4, 0.5) is 13.2 Å². The second-order valence-electron chi connectivity index (χ2n) is 4.19. The molecular formula is C10H18F3NO. The van der Waals surface area contributed by atoms with Crippen LogP contribution < -0.4 is 0 Å². The van der Waals surface area contributed by atoms with E-state index in [0.29, 0.717) is 12.5 Å². The number of aliphatic hydroxyl groups is 1. The van der Waals surface area contributed by atoms with Gasteiger partial charge in [-0.05, 0) is 44.8 Å². The fourth-order valence-corrected chi connectivity index (χ4v) is 1.90. The van der Waals surface area contributed by atoms with Gasteiger partial charge in [0.25, 0.3) is 0 Å². The number of aliphatic hydroxyl groups excluding tert-OH is 1. The van der Waals surface area contributed by atoms with Gasteiger partial charge in [0.2, 0.25) is 0 Å². The Labute approximate surface area is 88.1 Å². The molecule has 15 heavy (non-hydrogen) atoms. The van der Waals surface area contributed by atoms with Gasteiger partial charge in [-0.3, -0.25) is 0 Å². The topological polar surface area (TPSA) is 23.5 Å². The van der Waals surface area contributed by atoms with E-state index in [0.717, 1.165) is 25.9 Å². The molecule has 0 aliphatic carbocycles. The molecule has 1 heterocycles. The van der Waals surface area contributed by atoms with Crippen molar-refractivity contribution in [3.63, 3.8) is 0 Å². The van der Waals surface area contributed by atoms with Crippen LogP contribution in [0, 0.1) is 5.92 Å². The molecule has 2 nitrogen and oxygen atoms in total. The Morgan fingerprint density at radius 3 is 2.27 bits per heavy atom. The number of rotatable bonds is 4. The Bertz CT molecular complexity index is 176. The SMILES string of the molecule is OCC1CCN(CCCC(F)(F)F)CC1. The van der Waals surface area contributed by atoms with Crippen LogP contribution >= 0.6 is 0 Å². The van der Waals surface area contributed by atoms with Gasteiger partial charge in [0.1, 0.15) is 0 Å². The molecule has 0 unspecified atom stereocenters. The van der Waals surface area contributed by atoms with Crippen LogP contribution in [0.1, 0.15) is 25.7 Å². The number of piperidine rings is 1. The third-order valence-corrected chi connectivity index (χ3v) is 2.90. The van der Waals surface area contributed by atoms with Crippen LogP contribution in [0.5, 0.6) is 0 Å². The second-order valence-corrected chi connectivity index (χ2v) is 4.19. The summed E-state index contributed by atoms with van der Waals surface area (Å²) in [7, 11) is 0. The third kappa shape index (κ3) is 5.37. The first-order valence-electron chi connectivity index (χ1n) is 5.41. The van der Waals surface area contributed by atoms with Gasteiger partial charge in [0, 0.05) is 13.0 Å². The summed E-state index contributed by atoms with van der Waals surface area (Å²) in [5.41, 5.74) is 0. The van der Waals surface area contributed by atoms with E-state index in [1.807, 2.05) is 0 Å². The number of nitrogens with zero attached hydrogens (tertiary/aromatic N) is 1. The molecule has 1 rings (SSSR count). The lowest BCUT2D eigenvalue weighted by atomic mass is 9.98. The average molecular weight is 225 g/mol. The molecule has 1 aliphatic heterocycles. The third-order valence-electron chi connectivity index (χ3n) is 2.90. The zero-order valence-electron chi connectivity index (χ0n) is 8.76. The van der Waals surface area contributed by atoms with Gasteiger partial charge < -0.3 is 10.0 Å². The maximum absolute atomic E-state index is 11.9. The molecule has 1 fully saturated rings. The average Bonchev–Trinajstić information content (AvgIpc) is 2.17. The van der Waals surface area contributed by atoms with E-state index in [9.17, 15) is 13.2 Å². The smallest absolute Gasteiger partial charge is 0.389 e. The highest BCUT2D eigenvalue weighted by Crippen LogP contribution is 2.22. The van der Waals surface area contributed by atoms with E-state index >= 15 is 0 Å². The summed E-state index contributed by atoms with van der Waals surface area (Å²) in [4.78, 5) is 2.05. The fourth-order valence-electron chi connectivity index (χ4n) is 1.90. The molecule has 0 saturated carbocycles. The molecule has 90 valence electrons. The van der Waals surface area contributed by atoms with Gasteiger partial charge in [0.05, 0.1) is 0 Å². The van der Waals surface area contributed by atoms with Crippen molar-refractivity contribution in [2.45, 2.75) is 31.9 Å². The van der Waals surface area contributed by atoms with Gasteiger partial charge in [0.15, 0.2) is 0 Å². The highest BCUT2D eigenvalue weighted by molar-refractivity contribution is 4.71. The Morgan fingerprint density at radius 1 is 1.20 bits per heavy atom. The van der Waals surface area contributed by atoms with Crippen molar-refractivity contribution in [3.8, 4) is 0 Å². The quantitative estimate of drug-likeness (QED) is 0.791. The van der Waals surface area contributed by atoms with Crippen molar-refractivity contribution >= 4 is 0 Å². The molecular weight excluding hydrogens is 207 g/mol. The van der Waals surface area contributed by atoms with E-state index in [2.05, 4.69) is 4.90 Å². The predicted octanol–water partition coefficient (Wildman–Crippen LogP) is 2.03. The van der Waals surface area contributed by atoms with Crippen LogP contribution in [0.2, 0.25) is 0 Å². The highest BCUT2D eigenvalue weighted by Gasteiger charge is 2.27. The molecule has 0 amide bonds. The van der Waals surface area contributed by atoms with E-state index in [4.69, 9.17) is 5.11 Å². The summed E-state index contributed by atoms with van der Waals surface area (Å²) in [6, 6.07) is 0. The van der Waals surface area contributed by atoms with Crippen molar-refractivity contribution in [2.24, 2.45) is 5.92 Å². The van der Waals surface area contributed by atoms with Crippen molar-refractivity contribution in [1.29, 1.82) is 0 Å². The summed E-state index contributed by atoms with van der Waals surface area (Å²) >= 11 is 0. The summed E-state index contributed by atoms with van der Waals surface area (Å²) < 4.78 is 35.6. The summed E-state index contributed by atoms with van der Waals surface area (Å²) in [6.07, 6.45) is -2.71. The minimum atomic E-state index is -4.02. The number of likely N-dealkylation sites (tertiary alicyclic amines) is 1. The number of halogens is 3. The lowest BCUT2D eigenvalue weighted by Gasteiger charge is -2.31. The van der Waals surface area contributed by atoms with Crippen LogP contribution in [-0.4, -0.2) is 42.4 Å². The van der Waals surface area contributed by atoms with Crippen molar-refractivity contribution in [2.75, 3.05) is 26.2 Å². The number of alkyl halides is 3. The molecule has 0 aromatic heterocycles. The monoisotopic (exact) mass is 225 g/mol. The van der Waals surface area contributed by atoms with Crippen molar-refractivity contribution in [3.05, 3.63) is 0 Å². The van der Waals surface area contributed by atoms with Crippen LogP contribution in [0.25, 0.3) is 0 Å². The van der Waals surface area contributed by atoms with Crippen molar-refractivity contribution in [1.82, 2.24) is 4.90 Å². The first kappa shape index (κ1) is 12.8. The fraction of sp³-hybridized carbons (Fsp3) is 1.00. The molecule has 0 bridgehead atoms. The summed E-state index contributed by atoms with van der Waals surface area (Å²) in [5, 5.41) is 8.89. The Hall–Kier alpha value is -0.290. The van der Waals surface area contributed by atoms with Gasteiger partial charge in [-0.25, -0.2) is 0 Å². The van der Waals surface area contributed by atoms with Gasteiger partial charge in [-0.1, -0.05) is 0 Å². The first-order valence-corrected chi connectivity index (χ1v) is 5.41. The van der Waals surface area contributed by atoms with E-state index in [-0.39, 0.29) is 13.0 Å². The standard InChI is InChI=1S/C10H18F3NO/c11-10(12,13)4-1-5-14-6-2-9(8-15)3-7-14/h9,15H,1-8H2. The normalized spacial score (nSPS) is 20.8. The molecule has 1 N–H and O–H groups in total. The minimum Gasteiger partial charge on any atom is -0.396 e. The Balaban J connectivity index is 2.09. The Kier molecular flexibility index (Phi) is 4.86. The lowest BCUT2D eigenvalue weighted by Crippen LogP contribution is -2.35. The predicted molar refractivity (Wildman–Crippen MR) is 51.5 cm³/mol. The highest BCUT2D eigenvalue weighted by atomic mass is 19.4. The maximum Gasteiger partial charge on any atom is 0.389 e. The second kappa shape index (κ2) is 5.70. The number of hydrogen-bond donors (Lipinski definition) is 1. The zero-order valence-corrected chi connectivity index (χ0v) is 8.76. The molecule has 5 heteroatoms. The van der Waals surface area contributed by atoms with Crippen LogP contribution in [-0.2, 0) is 0 Å². The molecule has 0 aromatic rings. The summed E-state index contributed by atoms with van der Waals surface area (Å²) in [6.45, 7) is 2.38. The van der Waals surface area contributed by atoms with Crippen molar-refractivity contribution < 1.29 is 18.3 Å². The molecule has 0 radical (unpaired) electrons. The zero-order chi connectivity index (χ0) is 11.3. The number of hydrogen-bond acceptors (Lipinski definition) is 2. The first-order chi connectivity index (χ1) is 7.01. The Morgan fingerprint density at radius 2 is 1.80 bits per heavy atom. The van der Waals surface area contributed by atoms with E-state index < -0.39 is 12.6 Å². The van der Waals surface area contributed by atoms with E-state index in [1.54, 1.807) is 0 Å². The maximum atomic E-state index is 11.9. The van der Waals surface area contributed by atoms with Gasteiger partial charge >= 0.3 is 6.18 Å². The summed E-state index contributed by atoms with van der Waals surface area (Å²) in [5.74, 6) is 0.351. The molecule has 0 spiro atoms. The molecule has 1 aliphatic rings. The van der Waals surface area contributed by atoms with E-state index in [1.165, 1.54) is 0 Å². The van der Waals surface area contributed by atoms with Gasteiger partial charge in [-0.15, -0.1) is 0 Å².